The van der Waals surface area contributed by atoms with Crippen LogP contribution in [-0.2, 0) is 24.5 Å². The topological polar surface area (TPSA) is 141 Å². The van der Waals surface area contributed by atoms with Crippen molar-refractivity contribution in [2.24, 2.45) is 0 Å². The van der Waals surface area contributed by atoms with Crippen LogP contribution in [0.1, 0.15) is 18.5 Å². The maximum Gasteiger partial charge on any atom is 0.325 e. The molecule has 1 atom stereocenters. The molecule has 1 heterocycles. The van der Waals surface area contributed by atoms with Crippen LogP contribution < -0.4 is 5.32 Å². The maximum atomic E-state index is 12.2. The van der Waals surface area contributed by atoms with E-state index in [1.807, 2.05) is 0 Å². The Hall–Kier alpha value is -2.79. The van der Waals surface area contributed by atoms with Crippen molar-refractivity contribution in [2.45, 2.75) is 17.9 Å². The lowest BCUT2D eigenvalue weighted by atomic mass is 10.1. The number of nitrogens with one attached hydrogen (secondary N) is 1. The Kier molecular flexibility index (Phi) is 5.73. The van der Waals surface area contributed by atoms with E-state index in [0.717, 1.165) is 17.0 Å². The molecule has 1 unspecified atom stereocenters. The molecule has 1 aromatic rings. The molecule has 10 nitrogen and oxygen atoms in total. The van der Waals surface area contributed by atoms with Crippen LogP contribution in [0.4, 0.5) is 4.79 Å². The third-order valence-corrected chi connectivity index (χ3v) is 4.76. The monoisotopic (exact) mass is 383 g/mol. The second-order valence-electron chi connectivity index (χ2n) is 5.45. The van der Waals surface area contributed by atoms with Crippen molar-refractivity contribution >= 4 is 34.2 Å². The molecule has 4 amide bonds. The predicted octanol–water partition coefficient (Wildman–Crippen LogP) is -0.426. The van der Waals surface area contributed by atoms with E-state index >= 15 is 0 Å². The average Bonchev–Trinajstić information content (AvgIpc) is 2.61. The molecule has 26 heavy (non-hydrogen) atoms. The average molecular weight is 383 g/mol. The third-order valence-electron chi connectivity index (χ3n) is 3.89. The number of carbonyl (C=O) groups is 4. The maximum absolute atomic E-state index is 12.2. The van der Waals surface area contributed by atoms with Crippen LogP contribution in [-0.4, -0.2) is 66.5 Å². The van der Waals surface area contributed by atoms with Gasteiger partial charge in [-0.3, -0.25) is 19.0 Å². The zero-order chi connectivity index (χ0) is 19.5. The number of hydrogen-bond acceptors (Lipinski definition) is 6. The minimum Gasteiger partial charge on any atom is -0.333 e. The number of carbonyl (C=O) groups excluding carboxylic acids is 4. The number of hydrogen-bond donors (Lipinski definition) is 2. The molecular weight excluding hydrogens is 366 g/mol. The summed E-state index contributed by atoms with van der Waals surface area (Å²) < 4.78 is 31.0. The number of amides is 4. The van der Waals surface area contributed by atoms with E-state index in [2.05, 4.69) is 5.32 Å². The molecular formula is C15H17N3O7S. The number of aldehydes is 1. The second kappa shape index (κ2) is 7.62. The zero-order valence-electron chi connectivity index (χ0n) is 13.8. The SMILES string of the molecule is CCN1CCN(C(=O)NC(C=O)c2ccc(S(=O)(=O)O)cc2)C(=O)C1=O. The first kappa shape index (κ1) is 19.5. The molecule has 0 spiro atoms. The Bertz CT molecular complexity index is 835. The first-order valence-corrected chi connectivity index (χ1v) is 9.07. The number of urea groups is 1. The van der Waals surface area contributed by atoms with Gasteiger partial charge in [0, 0.05) is 19.6 Å². The molecule has 1 aliphatic rings. The van der Waals surface area contributed by atoms with E-state index in [0.29, 0.717) is 12.8 Å². The minimum atomic E-state index is -4.38. The zero-order valence-corrected chi connectivity index (χ0v) is 14.6. The fourth-order valence-corrected chi connectivity index (χ4v) is 2.90. The van der Waals surface area contributed by atoms with Crippen LogP contribution in [0.5, 0.6) is 0 Å². The summed E-state index contributed by atoms with van der Waals surface area (Å²) in [5.41, 5.74) is 0.242. The van der Waals surface area contributed by atoms with Crippen LogP contribution in [0.15, 0.2) is 29.2 Å². The molecule has 11 heteroatoms. The van der Waals surface area contributed by atoms with Crippen molar-refractivity contribution in [3.8, 4) is 0 Å². The van der Waals surface area contributed by atoms with Crippen LogP contribution in [0.2, 0.25) is 0 Å². The van der Waals surface area contributed by atoms with Crippen molar-refractivity contribution in [1.82, 2.24) is 15.1 Å². The predicted molar refractivity (Wildman–Crippen MR) is 87.6 cm³/mol. The lowest BCUT2D eigenvalue weighted by Crippen LogP contribution is -2.58. The fraction of sp³-hybridized carbons (Fsp3) is 0.333. The highest BCUT2D eigenvalue weighted by Gasteiger charge is 2.36. The summed E-state index contributed by atoms with van der Waals surface area (Å²) >= 11 is 0. The molecule has 140 valence electrons. The molecule has 1 aliphatic heterocycles. The van der Waals surface area contributed by atoms with Crippen LogP contribution in [0.3, 0.4) is 0 Å². The van der Waals surface area contributed by atoms with Gasteiger partial charge in [-0.05, 0) is 24.6 Å². The van der Waals surface area contributed by atoms with Gasteiger partial charge in [0.05, 0.1) is 4.90 Å². The number of likely N-dealkylation sites (N-methyl/N-ethyl adjacent to an activating group) is 1. The minimum absolute atomic E-state index is 0.00246. The Labute approximate surface area is 149 Å². The van der Waals surface area contributed by atoms with E-state index in [-0.39, 0.29) is 23.5 Å². The van der Waals surface area contributed by atoms with Crippen molar-refractivity contribution in [1.29, 1.82) is 0 Å². The highest BCUT2D eigenvalue weighted by Crippen LogP contribution is 2.16. The van der Waals surface area contributed by atoms with E-state index in [1.54, 1.807) is 6.92 Å². The quantitative estimate of drug-likeness (QED) is 0.399. The van der Waals surface area contributed by atoms with Gasteiger partial charge >= 0.3 is 17.8 Å². The summed E-state index contributed by atoms with van der Waals surface area (Å²) in [6, 6.07) is 2.55. The van der Waals surface area contributed by atoms with Gasteiger partial charge in [0.2, 0.25) is 0 Å². The van der Waals surface area contributed by atoms with E-state index in [1.165, 1.54) is 17.0 Å². The molecule has 0 bridgehead atoms. The molecule has 0 aromatic heterocycles. The fourth-order valence-electron chi connectivity index (χ4n) is 2.42. The molecule has 0 saturated carbocycles. The lowest BCUT2D eigenvalue weighted by Gasteiger charge is -2.32. The Balaban J connectivity index is 2.12. The molecule has 1 fully saturated rings. The Morgan fingerprint density at radius 1 is 1.23 bits per heavy atom. The summed E-state index contributed by atoms with van der Waals surface area (Å²) in [4.78, 5) is 49.0. The number of nitrogens with zero attached hydrogens (tertiary/aromatic N) is 2. The van der Waals surface area contributed by atoms with Gasteiger partial charge < -0.3 is 15.0 Å². The molecule has 1 aromatic carbocycles. The van der Waals surface area contributed by atoms with E-state index in [4.69, 9.17) is 4.55 Å². The lowest BCUT2D eigenvalue weighted by molar-refractivity contribution is -0.153. The number of piperazine rings is 1. The molecule has 0 aliphatic carbocycles. The van der Waals surface area contributed by atoms with Crippen LogP contribution in [0.25, 0.3) is 0 Å². The van der Waals surface area contributed by atoms with Gasteiger partial charge in [0.25, 0.3) is 10.1 Å². The van der Waals surface area contributed by atoms with Crippen LogP contribution in [0, 0.1) is 0 Å². The molecule has 0 radical (unpaired) electrons. The van der Waals surface area contributed by atoms with Crippen molar-refractivity contribution < 1.29 is 32.1 Å². The summed E-state index contributed by atoms with van der Waals surface area (Å²) in [5, 5.41) is 2.31. The highest BCUT2D eigenvalue weighted by molar-refractivity contribution is 7.85. The van der Waals surface area contributed by atoms with Gasteiger partial charge in [0.15, 0.2) is 0 Å². The van der Waals surface area contributed by atoms with Crippen LogP contribution >= 0.6 is 0 Å². The van der Waals surface area contributed by atoms with E-state index < -0.39 is 34.0 Å². The number of imide groups is 1. The standard InChI is InChI=1S/C15H17N3O7S/c1-2-17-7-8-18(14(21)13(17)20)15(22)16-12(9-19)10-3-5-11(6-4-10)26(23,24)25/h3-6,9,12H,2,7-8H2,1H3,(H,16,22)(H,23,24,25). The molecule has 1 saturated heterocycles. The van der Waals surface area contributed by atoms with Gasteiger partial charge in [-0.15, -0.1) is 0 Å². The van der Waals surface area contributed by atoms with Crippen molar-refractivity contribution in [3.05, 3.63) is 29.8 Å². The second-order valence-corrected chi connectivity index (χ2v) is 6.87. The summed E-state index contributed by atoms with van der Waals surface area (Å²) in [7, 11) is -4.38. The normalized spacial score (nSPS) is 16.4. The number of rotatable bonds is 5. The summed E-state index contributed by atoms with van der Waals surface area (Å²) in [6.07, 6.45) is 0.398. The van der Waals surface area contributed by atoms with Gasteiger partial charge in [-0.2, -0.15) is 8.42 Å². The summed E-state index contributed by atoms with van der Waals surface area (Å²) in [6.45, 7) is 2.25. The number of benzene rings is 1. The first-order valence-electron chi connectivity index (χ1n) is 7.63. The third kappa shape index (κ3) is 4.06. The highest BCUT2D eigenvalue weighted by atomic mass is 32.2. The molecule has 2 rings (SSSR count). The van der Waals surface area contributed by atoms with Gasteiger partial charge in [0.1, 0.15) is 12.3 Å². The van der Waals surface area contributed by atoms with Gasteiger partial charge in [-0.25, -0.2) is 4.79 Å². The molecule has 2 N–H and O–H groups in total. The van der Waals surface area contributed by atoms with Crippen molar-refractivity contribution in [3.63, 3.8) is 0 Å². The Morgan fingerprint density at radius 3 is 2.35 bits per heavy atom. The first-order chi connectivity index (χ1) is 12.2. The Morgan fingerprint density at radius 2 is 1.85 bits per heavy atom. The summed E-state index contributed by atoms with van der Waals surface area (Å²) in [5.74, 6) is -1.78. The van der Waals surface area contributed by atoms with Crippen molar-refractivity contribution in [2.75, 3.05) is 19.6 Å². The van der Waals surface area contributed by atoms with E-state index in [9.17, 15) is 27.6 Å². The largest absolute Gasteiger partial charge is 0.333 e. The smallest absolute Gasteiger partial charge is 0.325 e. The van der Waals surface area contributed by atoms with Gasteiger partial charge in [-0.1, -0.05) is 12.1 Å².